The van der Waals surface area contributed by atoms with Crippen LogP contribution in [0.1, 0.15) is 17.4 Å². The van der Waals surface area contributed by atoms with E-state index >= 15 is 0 Å². The number of aromatic nitrogens is 2. The van der Waals surface area contributed by atoms with E-state index in [4.69, 9.17) is 14.2 Å². The van der Waals surface area contributed by atoms with Gasteiger partial charge in [0.15, 0.2) is 11.9 Å². The van der Waals surface area contributed by atoms with Crippen LogP contribution in [0.15, 0.2) is 54.7 Å². The van der Waals surface area contributed by atoms with Gasteiger partial charge in [0.1, 0.15) is 5.75 Å². The van der Waals surface area contributed by atoms with Crippen LogP contribution >= 0.6 is 0 Å². The van der Waals surface area contributed by atoms with E-state index < -0.39 is 22.9 Å². The van der Waals surface area contributed by atoms with E-state index in [0.29, 0.717) is 5.69 Å². The third-order valence-electron chi connectivity index (χ3n) is 4.42. The first-order valence-corrected chi connectivity index (χ1v) is 9.37. The number of carbonyl (C=O) groups is 2. The predicted octanol–water partition coefficient (Wildman–Crippen LogP) is 2.98. The van der Waals surface area contributed by atoms with E-state index in [2.05, 4.69) is 10.4 Å². The standard InChI is InChI=1S/C21H20N4O7/c1-13(20(26)22-16-11-15(25(28)29)9-10-17(16)30-2)32-21(27)19-18(31-3)12-24(23-19)14-7-5-4-6-8-14/h4-13H,1-3H3,(H,22,26)/t13-/m1/s1. The zero-order chi connectivity index (χ0) is 23.3. The molecule has 3 aromatic rings. The summed E-state index contributed by atoms with van der Waals surface area (Å²) in [4.78, 5) is 35.6. The Kier molecular flexibility index (Phi) is 6.68. The molecule has 0 aliphatic rings. The molecule has 1 amide bonds. The molecule has 0 aliphatic carbocycles. The summed E-state index contributed by atoms with van der Waals surface area (Å²) < 4.78 is 17.0. The molecule has 11 heteroatoms. The number of hydrogen-bond acceptors (Lipinski definition) is 8. The Morgan fingerprint density at radius 1 is 1.09 bits per heavy atom. The molecule has 0 fully saturated rings. The minimum Gasteiger partial charge on any atom is -0.495 e. The monoisotopic (exact) mass is 440 g/mol. The molecule has 3 rings (SSSR count). The molecule has 0 radical (unpaired) electrons. The molecular formula is C21H20N4O7. The van der Waals surface area contributed by atoms with Crippen molar-refractivity contribution in [2.24, 2.45) is 0 Å². The summed E-state index contributed by atoms with van der Waals surface area (Å²) in [6, 6.07) is 12.8. The van der Waals surface area contributed by atoms with E-state index in [1.54, 1.807) is 12.1 Å². The van der Waals surface area contributed by atoms with Crippen LogP contribution in [0.5, 0.6) is 11.5 Å². The van der Waals surface area contributed by atoms with Gasteiger partial charge in [-0.05, 0) is 25.1 Å². The van der Waals surface area contributed by atoms with Crippen molar-refractivity contribution < 1.29 is 28.7 Å². The highest BCUT2D eigenvalue weighted by Crippen LogP contribution is 2.29. The average Bonchev–Trinajstić information content (AvgIpc) is 3.24. The van der Waals surface area contributed by atoms with Crippen LogP contribution in [0.25, 0.3) is 5.69 Å². The van der Waals surface area contributed by atoms with E-state index in [0.717, 1.165) is 6.07 Å². The number of methoxy groups -OCH3 is 2. The maximum Gasteiger partial charge on any atom is 0.363 e. The summed E-state index contributed by atoms with van der Waals surface area (Å²) in [5.74, 6) is -1.19. The van der Waals surface area contributed by atoms with Crippen molar-refractivity contribution >= 4 is 23.3 Å². The second-order valence-corrected chi connectivity index (χ2v) is 6.50. The van der Waals surface area contributed by atoms with Crippen LogP contribution in [0.3, 0.4) is 0 Å². The second-order valence-electron chi connectivity index (χ2n) is 6.50. The molecule has 0 saturated heterocycles. The predicted molar refractivity (Wildman–Crippen MR) is 113 cm³/mol. The highest BCUT2D eigenvalue weighted by atomic mass is 16.6. The van der Waals surface area contributed by atoms with E-state index in [1.807, 2.05) is 18.2 Å². The molecular weight excluding hydrogens is 420 g/mol. The summed E-state index contributed by atoms with van der Waals surface area (Å²) in [6.07, 6.45) is 0.281. The van der Waals surface area contributed by atoms with Crippen LogP contribution in [0, 0.1) is 10.1 Å². The molecule has 166 valence electrons. The summed E-state index contributed by atoms with van der Waals surface area (Å²) in [7, 11) is 2.74. The molecule has 1 heterocycles. The maximum absolute atomic E-state index is 12.6. The van der Waals surface area contributed by atoms with Crippen molar-refractivity contribution in [3.63, 3.8) is 0 Å². The minimum atomic E-state index is -1.24. The number of nitrogens with one attached hydrogen (secondary N) is 1. The third-order valence-corrected chi connectivity index (χ3v) is 4.42. The number of benzene rings is 2. The lowest BCUT2D eigenvalue weighted by Crippen LogP contribution is -2.30. The lowest BCUT2D eigenvalue weighted by molar-refractivity contribution is -0.384. The number of hydrogen-bond donors (Lipinski definition) is 1. The topological polar surface area (TPSA) is 135 Å². The Morgan fingerprint density at radius 2 is 1.78 bits per heavy atom. The first-order chi connectivity index (χ1) is 15.3. The van der Waals surface area contributed by atoms with Crippen LogP contribution in [0.4, 0.5) is 11.4 Å². The number of esters is 1. The molecule has 1 N–H and O–H groups in total. The smallest absolute Gasteiger partial charge is 0.363 e. The van der Waals surface area contributed by atoms with E-state index in [9.17, 15) is 19.7 Å². The number of amides is 1. The Hall–Kier alpha value is -4.41. The van der Waals surface area contributed by atoms with Gasteiger partial charge >= 0.3 is 5.97 Å². The van der Waals surface area contributed by atoms with Crippen LogP contribution in [-0.2, 0) is 9.53 Å². The number of nitrogens with zero attached hydrogens (tertiary/aromatic N) is 3. The SMILES string of the molecule is COc1ccc([N+](=O)[O-])cc1NC(=O)[C@@H](C)OC(=O)c1nn(-c2ccccc2)cc1OC. The number of para-hydroxylation sites is 1. The molecule has 0 spiro atoms. The van der Waals surface area contributed by atoms with Gasteiger partial charge in [0, 0.05) is 12.1 Å². The normalized spacial score (nSPS) is 11.3. The van der Waals surface area contributed by atoms with Crippen molar-refractivity contribution in [1.82, 2.24) is 9.78 Å². The summed E-state index contributed by atoms with van der Waals surface area (Å²) in [5.41, 5.74) is 0.430. The largest absolute Gasteiger partial charge is 0.495 e. The van der Waals surface area contributed by atoms with Gasteiger partial charge in [-0.3, -0.25) is 14.9 Å². The first-order valence-electron chi connectivity index (χ1n) is 9.37. The highest BCUT2D eigenvalue weighted by molar-refractivity contribution is 5.98. The lowest BCUT2D eigenvalue weighted by Gasteiger charge is -2.14. The van der Waals surface area contributed by atoms with Crippen molar-refractivity contribution in [3.8, 4) is 17.2 Å². The molecule has 0 bridgehead atoms. The van der Waals surface area contributed by atoms with Gasteiger partial charge in [-0.25, -0.2) is 9.48 Å². The number of nitro groups is 1. The molecule has 2 aromatic carbocycles. The zero-order valence-electron chi connectivity index (χ0n) is 17.5. The third kappa shape index (κ3) is 4.83. The Morgan fingerprint density at radius 3 is 2.41 bits per heavy atom. The Balaban J connectivity index is 1.75. The maximum atomic E-state index is 12.6. The van der Waals surface area contributed by atoms with Crippen molar-refractivity contribution in [3.05, 3.63) is 70.5 Å². The van der Waals surface area contributed by atoms with Crippen molar-refractivity contribution in [1.29, 1.82) is 0 Å². The van der Waals surface area contributed by atoms with E-state index in [-0.39, 0.29) is 28.6 Å². The number of nitro benzene ring substituents is 1. The molecule has 0 saturated carbocycles. The zero-order valence-corrected chi connectivity index (χ0v) is 17.5. The first kappa shape index (κ1) is 22.3. The summed E-state index contributed by atoms with van der Waals surface area (Å²) >= 11 is 0. The minimum absolute atomic E-state index is 0.0699. The molecule has 0 aliphatic heterocycles. The van der Waals surface area contributed by atoms with Gasteiger partial charge in [0.05, 0.1) is 36.7 Å². The average molecular weight is 440 g/mol. The van der Waals surface area contributed by atoms with Crippen LogP contribution in [0.2, 0.25) is 0 Å². The number of ether oxygens (including phenoxy) is 3. The second kappa shape index (κ2) is 9.60. The molecule has 1 aromatic heterocycles. The number of rotatable bonds is 8. The molecule has 32 heavy (non-hydrogen) atoms. The van der Waals surface area contributed by atoms with E-state index in [1.165, 1.54) is 44.2 Å². The molecule has 0 unspecified atom stereocenters. The van der Waals surface area contributed by atoms with Crippen LogP contribution in [-0.4, -0.2) is 46.9 Å². The fourth-order valence-electron chi connectivity index (χ4n) is 2.77. The van der Waals surface area contributed by atoms with Crippen molar-refractivity contribution in [2.45, 2.75) is 13.0 Å². The Labute approximate surface area is 182 Å². The quantitative estimate of drug-likeness (QED) is 0.321. The van der Waals surface area contributed by atoms with Gasteiger partial charge in [-0.15, -0.1) is 0 Å². The number of anilines is 1. The highest BCUT2D eigenvalue weighted by Gasteiger charge is 2.26. The summed E-state index contributed by atoms with van der Waals surface area (Å²) in [6.45, 7) is 1.36. The van der Waals surface area contributed by atoms with Gasteiger partial charge in [-0.2, -0.15) is 5.10 Å². The molecule has 1 atom stereocenters. The van der Waals surface area contributed by atoms with Gasteiger partial charge in [0.25, 0.3) is 11.6 Å². The van der Waals surface area contributed by atoms with Crippen LogP contribution < -0.4 is 14.8 Å². The summed E-state index contributed by atoms with van der Waals surface area (Å²) in [5, 5.41) is 17.7. The fraction of sp³-hybridized carbons (Fsp3) is 0.190. The van der Waals surface area contributed by atoms with Gasteiger partial charge in [0.2, 0.25) is 5.69 Å². The molecule has 11 nitrogen and oxygen atoms in total. The van der Waals surface area contributed by atoms with Crippen molar-refractivity contribution in [2.75, 3.05) is 19.5 Å². The van der Waals surface area contributed by atoms with Gasteiger partial charge < -0.3 is 19.5 Å². The fourth-order valence-corrected chi connectivity index (χ4v) is 2.77. The lowest BCUT2D eigenvalue weighted by atomic mass is 10.2. The Bertz CT molecular complexity index is 1140. The number of carbonyl (C=O) groups excluding carboxylic acids is 2. The van der Waals surface area contributed by atoms with Gasteiger partial charge in [-0.1, -0.05) is 18.2 Å². The number of non-ortho nitro benzene ring substituents is 1.